The van der Waals surface area contributed by atoms with E-state index in [1.807, 2.05) is 0 Å². The summed E-state index contributed by atoms with van der Waals surface area (Å²) in [6.07, 6.45) is 0. The van der Waals surface area contributed by atoms with Crippen molar-refractivity contribution in [2.75, 3.05) is 58.5 Å². The molecule has 0 aliphatic carbocycles. The van der Waals surface area contributed by atoms with Crippen LogP contribution in [-0.4, -0.2) is 69.4 Å². The fraction of sp³-hybridized carbons (Fsp3) is 0.364. The molecule has 3 aromatic rings. The standard InChI is InChI=1S/C22H24FN3O4S.ClH/c1-28-17-7-6-15(14-18(17)29-2)21(27)26(9-8-25-10-12-30-13-11-25)22-24-20-16(23)4-3-5-19(20)31-22;/h3-7,14H,8-13H2,1-2H3;1H. The van der Waals surface area contributed by atoms with Gasteiger partial charge < -0.3 is 14.2 Å². The number of halogens is 2. The van der Waals surface area contributed by atoms with E-state index in [1.54, 1.807) is 42.3 Å². The third kappa shape index (κ3) is 5.12. The second kappa shape index (κ2) is 10.9. The zero-order chi connectivity index (χ0) is 21.8. The second-order valence-corrected chi connectivity index (χ2v) is 8.07. The highest BCUT2D eigenvalue weighted by molar-refractivity contribution is 7.22. The highest BCUT2D eigenvalue weighted by Crippen LogP contribution is 2.33. The quantitative estimate of drug-likeness (QED) is 0.510. The smallest absolute Gasteiger partial charge is 0.260 e. The van der Waals surface area contributed by atoms with Crippen LogP contribution in [0.3, 0.4) is 0 Å². The molecule has 1 aliphatic heterocycles. The molecule has 2 aromatic carbocycles. The van der Waals surface area contributed by atoms with E-state index in [-0.39, 0.29) is 23.8 Å². The highest BCUT2D eigenvalue weighted by atomic mass is 35.5. The van der Waals surface area contributed by atoms with Gasteiger partial charge in [-0.1, -0.05) is 17.4 Å². The van der Waals surface area contributed by atoms with Gasteiger partial charge in [0, 0.05) is 31.7 Å². The topological polar surface area (TPSA) is 64.1 Å². The van der Waals surface area contributed by atoms with E-state index < -0.39 is 5.82 Å². The number of anilines is 1. The molecule has 2 heterocycles. The summed E-state index contributed by atoms with van der Waals surface area (Å²) in [5.41, 5.74) is 0.721. The van der Waals surface area contributed by atoms with Crippen molar-refractivity contribution < 1.29 is 23.4 Å². The van der Waals surface area contributed by atoms with Crippen molar-refractivity contribution in [1.82, 2.24) is 9.88 Å². The lowest BCUT2D eigenvalue weighted by atomic mass is 10.1. The summed E-state index contributed by atoms with van der Waals surface area (Å²) in [6, 6.07) is 9.87. The number of para-hydroxylation sites is 1. The molecule has 0 spiro atoms. The molecule has 172 valence electrons. The Balaban J connectivity index is 0.00000289. The Morgan fingerprint density at radius 2 is 1.94 bits per heavy atom. The maximum Gasteiger partial charge on any atom is 0.260 e. The van der Waals surface area contributed by atoms with Crippen LogP contribution in [0.2, 0.25) is 0 Å². The first kappa shape index (κ1) is 24.2. The van der Waals surface area contributed by atoms with Crippen molar-refractivity contribution in [1.29, 1.82) is 0 Å². The van der Waals surface area contributed by atoms with Gasteiger partial charge >= 0.3 is 0 Å². The molecular formula is C22H25ClFN3O4S. The number of morpholine rings is 1. The Labute approximate surface area is 196 Å². The third-order valence-corrected chi connectivity index (χ3v) is 6.25. The van der Waals surface area contributed by atoms with Gasteiger partial charge in [0.1, 0.15) is 11.3 Å². The molecule has 10 heteroatoms. The molecule has 4 rings (SSSR count). The molecule has 7 nitrogen and oxygen atoms in total. The fourth-order valence-corrected chi connectivity index (χ4v) is 4.50. The first-order valence-corrected chi connectivity index (χ1v) is 10.8. The van der Waals surface area contributed by atoms with E-state index in [0.29, 0.717) is 53.2 Å². The van der Waals surface area contributed by atoms with Crippen molar-refractivity contribution in [2.24, 2.45) is 0 Å². The zero-order valence-corrected chi connectivity index (χ0v) is 19.5. The number of fused-ring (bicyclic) bond motifs is 1. The van der Waals surface area contributed by atoms with Gasteiger partial charge in [0.25, 0.3) is 5.91 Å². The van der Waals surface area contributed by atoms with E-state index in [9.17, 15) is 9.18 Å². The minimum atomic E-state index is -0.397. The van der Waals surface area contributed by atoms with Gasteiger partial charge in [0.15, 0.2) is 16.6 Å². The van der Waals surface area contributed by atoms with Gasteiger partial charge in [-0.3, -0.25) is 14.6 Å². The molecule has 1 aliphatic rings. The SMILES string of the molecule is COc1ccc(C(=O)N(CCN2CCOCC2)c2nc3c(F)cccc3s2)cc1OC.Cl. The number of rotatable bonds is 7. The second-order valence-electron chi connectivity index (χ2n) is 7.06. The van der Waals surface area contributed by atoms with E-state index >= 15 is 0 Å². The number of carbonyl (C=O) groups excluding carboxylic acids is 1. The number of benzene rings is 2. The molecule has 1 saturated heterocycles. The molecule has 1 fully saturated rings. The van der Waals surface area contributed by atoms with Crippen LogP contribution in [0.15, 0.2) is 36.4 Å². The van der Waals surface area contributed by atoms with Crippen LogP contribution in [0.25, 0.3) is 10.2 Å². The van der Waals surface area contributed by atoms with Crippen LogP contribution in [0.5, 0.6) is 11.5 Å². The van der Waals surface area contributed by atoms with Crippen LogP contribution in [0.1, 0.15) is 10.4 Å². The number of amides is 1. The molecule has 1 amide bonds. The average Bonchev–Trinajstić information content (AvgIpc) is 3.24. The number of aromatic nitrogens is 1. The molecule has 0 unspecified atom stereocenters. The zero-order valence-electron chi connectivity index (χ0n) is 17.9. The van der Waals surface area contributed by atoms with Crippen molar-refractivity contribution in [2.45, 2.75) is 0 Å². The number of methoxy groups -OCH3 is 2. The number of ether oxygens (including phenoxy) is 3. The van der Waals surface area contributed by atoms with Crippen LogP contribution in [0.4, 0.5) is 9.52 Å². The van der Waals surface area contributed by atoms with Gasteiger partial charge in [-0.15, -0.1) is 12.4 Å². The van der Waals surface area contributed by atoms with E-state index in [2.05, 4.69) is 9.88 Å². The molecule has 0 radical (unpaired) electrons. The lowest BCUT2D eigenvalue weighted by molar-refractivity contribution is 0.0391. The maximum atomic E-state index is 14.2. The van der Waals surface area contributed by atoms with Gasteiger partial charge in [0.2, 0.25) is 0 Å². The lowest BCUT2D eigenvalue weighted by Gasteiger charge is -2.29. The minimum absolute atomic E-state index is 0. The normalized spacial score (nSPS) is 14.1. The summed E-state index contributed by atoms with van der Waals surface area (Å²) in [4.78, 5) is 21.8. The Hall–Kier alpha value is -2.46. The van der Waals surface area contributed by atoms with Crippen molar-refractivity contribution in [3.05, 3.63) is 47.8 Å². The first-order chi connectivity index (χ1) is 15.1. The van der Waals surface area contributed by atoms with Crippen LogP contribution >= 0.6 is 23.7 Å². The monoisotopic (exact) mass is 481 g/mol. The maximum absolute atomic E-state index is 14.2. The largest absolute Gasteiger partial charge is 0.493 e. The van der Waals surface area contributed by atoms with E-state index in [4.69, 9.17) is 14.2 Å². The van der Waals surface area contributed by atoms with Crippen LogP contribution in [0, 0.1) is 5.82 Å². The van der Waals surface area contributed by atoms with Gasteiger partial charge in [-0.25, -0.2) is 9.37 Å². The Morgan fingerprint density at radius 1 is 1.19 bits per heavy atom. The lowest BCUT2D eigenvalue weighted by Crippen LogP contribution is -2.43. The van der Waals surface area contributed by atoms with Crippen molar-refractivity contribution in [3.63, 3.8) is 0 Å². The highest BCUT2D eigenvalue weighted by Gasteiger charge is 2.24. The first-order valence-electron chi connectivity index (χ1n) is 9.99. The summed E-state index contributed by atoms with van der Waals surface area (Å²) >= 11 is 1.30. The predicted octanol–water partition coefficient (Wildman–Crippen LogP) is 3.85. The summed E-state index contributed by atoms with van der Waals surface area (Å²) < 4.78 is 31.0. The Kier molecular flexibility index (Phi) is 8.25. The molecule has 0 bridgehead atoms. The summed E-state index contributed by atoms with van der Waals surface area (Å²) in [5.74, 6) is 0.387. The number of hydrogen-bond donors (Lipinski definition) is 0. The average molecular weight is 482 g/mol. The molecule has 1 aromatic heterocycles. The minimum Gasteiger partial charge on any atom is -0.493 e. The number of nitrogens with zero attached hydrogens (tertiary/aromatic N) is 3. The number of carbonyl (C=O) groups is 1. The summed E-state index contributed by atoms with van der Waals surface area (Å²) in [6.45, 7) is 4.07. The fourth-order valence-electron chi connectivity index (χ4n) is 3.49. The molecule has 0 atom stereocenters. The summed E-state index contributed by atoms with van der Waals surface area (Å²) in [7, 11) is 3.07. The van der Waals surface area contributed by atoms with Crippen LogP contribution < -0.4 is 14.4 Å². The van der Waals surface area contributed by atoms with Crippen molar-refractivity contribution in [3.8, 4) is 11.5 Å². The predicted molar refractivity (Wildman–Crippen MR) is 125 cm³/mol. The number of thiazole rings is 1. The third-order valence-electron chi connectivity index (χ3n) is 5.21. The molecule has 0 N–H and O–H groups in total. The Morgan fingerprint density at radius 3 is 2.62 bits per heavy atom. The van der Waals surface area contributed by atoms with Gasteiger partial charge in [-0.2, -0.15) is 0 Å². The number of hydrogen-bond acceptors (Lipinski definition) is 7. The molecule has 0 saturated carbocycles. The van der Waals surface area contributed by atoms with Gasteiger partial charge in [-0.05, 0) is 30.3 Å². The van der Waals surface area contributed by atoms with E-state index in [0.717, 1.165) is 13.1 Å². The van der Waals surface area contributed by atoms with Crippen molar-refractivity contribution >= 4 is 45.0 Å². The summed E-state index contributed by atoms with van der Waals surface area (Å²) in [5, 5.41) is 0.466. The van der Waals surface area contributed by atoms with Gasteiger partial charge in [0.05, 0.1) is 32.1 Å². The van der Waals surface area contributed by atoms with Crippen LogP contribution in [-0.2, 0) is 4.74 Å². The van der Waals surface area contributed by atoms with E-state index in [1.165, 1.54) is 24.5 Å². The molecular weight excluding hydrogens is 457 g/mol. The molecule has 32 heavy (non-hydrogen) atoms. The Bertz CT molecular complexity index is 1070.